The van der Waals surface area contributed by atoms with E-state index in [4.69, 9.17) is 4.74 Å². The predicted molar refractivity (Wildman–Crippen MR) is 162 cm³/mol. The lowest BCUT2D eigenvalue weighted by atomic mass is 9.94. The van der Waals surface area contributed by atoms with Gasteiger partial charge in [-0.05, 0) is 94.8 Å². The molecule has 1 unspecified atom stereocenters. The second-order valence-corrected chi connectivity index (χ2v) is 12.1. The zero-order valence-electron chi connectivity index (χ0n) is 24.6. The number of benzene rings is 2. The van der Waals surface area contributed by atoms with E-state index in [2.05, 4.69) is 84.9 Å². The zero-order valence-corrected chi connectivity index (χ0v) is 24.6. The van der Waals surface area contributed by atoms with Gasteiger partial charge in [-0.15, -0.1) is 0 Å². The van der Waals surface area contributed by atoms with Crippen LogP contribution in [-0.2, 0) is 11.4 Å². The predicted octanol–water partition coefficient (Wildman–Crippen LogP) is 6.79. The van der Waals surface area contributed by atoms with E-state index in [1.165, 1.54) is 23.2 Å². The molecule has 39 heavy (non-hydrogen) atoms. The normalized spacial score (nSPS) is 18.7. The minimum Gasteiger partial charge on any atom is -0.489 e. The van der Waals surface area contributed by atoms with E-state index in [0.29, 0.717) is 24.5 Å². The Morgan fingerprint density at radius 1 is 1.00 bits per heavy atom. The molecule has 1 amide bonds. The van der Waals surface area contributed by atoms with E-state index in [1.54, 1.807) is 0 Å². The second-order valence-electron chi connectivity index (χ2n) is 12.1. The summed E-state index contributed by atoms with van der Waals surface area (Å²) < 4.78 is 6.02. The number of piperidine rings is 2. The molecular formula is C34H49N3O2. The largest absolute Gasteiger partial charge is 0.489 e. The lowest BCUT2D eigenvalue weighted by Gasteiger charge is -2.41. The number of allylic oxidation sites excluding steroid dienone is 1. The van der Waals surface area contributed by atoms with Crippen molar-refractivity contribution in [2.45, 2.75) is 72.4 Å². The van der Waals surface area contributed by atoms with Gasteiger partial charge in [0, 0.05) is 37.9 Å². The molecule has 2 aromatic carbocycles. The molecule has 5 heteroatoms. The fraction of sp³-hybridized carbons (Fsp3) is 0.559. The van der Waals surface area contributed by atoms with Gasteiger partial charge < -0.3 is 19.4 Å². The highest BCUT2D eigenvalue weighted by Crippen LogP contribution is 2.28. The number of carbonyl (C=O) groups excluding carboxylic acids is 1. The Morgan fingerprint density at radius 2 is 1.72 bits per heavy atom. The zero-order chi connectivity index (χ0) is 27.6. The van der Waals surface area contributed by atoms with Crippen molar-refractivity contribution >= 4 is 11.6 Å². The summed E-state index contributed by atoms with van der Waals surface area (Å²) in [6, 6.07) is 19.2. The fourth-order valence-electron chi connectivity index (χ4n) is 5.78. The van der Waals surface area contributed by atoms with E-state index in [9.17, 15) is 4.79 Å². The second kappa shape index (κ2) is 14.6. The Balaban J connectivity index is 1.33. The molecule has 0 spiro atoms. The molecule has 0 radical (unpaired) electrons. The van der Waals surface area contributed by atoms with E-state index in [1.807, 2.05) is 18.2 Å². The quantitative estimate of drug-likeness (QED) is 0.299. The number of amides is 1. The molecule has 4 rings (SSSR count). The molecule has 0 N–H and O–H groups in total. The van der Waals surface area contributed by atoms with Crippen molar-refractivity contribution in [2.75, 3.05) is 44.2 Å². The van der Waals surface area contributed by atoms with Crippen molar-refractivity contribution in [3.63, 3.8) is 0 Å². The molecule has 0 bridgehead atoms. The maximum Gasteiger partial charge on any atom is 0.226 e. The smallest absolute Gasteiger partial charge is 0.226 e. The maximum absolute atomic E-state index is 13.5. The number of anilines is 1. The molecule has 0 saturated carbocycles. The van der Waals surface area contributed by atoms with Crippen molar-refractivity contribution < 1.29 is 9.53 Å². The summed E-state index contributed by atoms with van der Waals surface area (Å²) in [5, 5.41) is 0. The van der Waals surface area contributed by atoms with Crippen LogP contribution < -0.4 is 9.64 Å². The maximum atomic E-state index is 13.5. The highest BCUT2D eigenvalue weighted by molar-refractivity contribution is 5.79. The third-order valence-corrected chi connectivity index (χ3v) is 8.21. The SMILES string of the molecule is CC(C)=CCN(c1ccc(OCc2ccccc2)cc1)C1CCN(C(=O)C2CCCN(CCC(C)C)C2)CC1. The van der Waals surface area contributed by atoms with Crippen molar-refractivity contribution in [1.29, 1.82) is 0 Å². The molecule has 212 valence electrons. The minimum atomic E-state index is 0.174. The lowest BCUT2D eigenvalue weighted by Crippen LogP contribution is -2.50. The van der Waals surface area contributed by atoms with Gasteiger partial charge in [0.1, 0.15) is 12.4 Å². The Kier molecular flexibility index (Phi) is 10.9. The van der Waals surface area contributed by atoms with Crippen LogP contribution in [-0.4, -0.2) is 61.0 Å². The van der Waals surface area contributed by atoms with Crippen LogP contribution in [0.5, 0.6) is 5.75 Å². The van der Waals surface area contributed by atoms with Crippen LogP contribution in [0.2, 0.25) is 0 Å². The average molecular weight is 532 g/mol. The first-order valence-corrected chi connectivity index (χ1v) is 15.1. The number of rotatable bonds is 11. The summed E-state index contributed by atoms with van der Waals surface area (Å²) >= 11 is 0. The van der Waals surface area contributed by atoms with Crippen molar-refractivity contribution in [3.05, 3.63) is 71.8 Å². The Hall–Kier alpha value is -2.79. The molecule has 0 aromatic heterocycles. The van der Waals surface area contributed by atoms with Crippen LogP contribution in [0.3, 0.4) is 0 Å². The number of hydrogen-bond acceptors (Lipinski definition) is 4. The van der Waals surface area contributed by atoms with Gasteiger partial charge in [0.25, 0.3) is 0 Å². The van der Waals surface area contributed by atoms with Crippen molar-refractivity contribution in [1.82, 2.24) is 9.80 Å². The molecule has 0 aliphatic carbocycles. The van der Waals surface area contributed by atoms with Crippen LogP contribution in [0.25, 0.3) is 0 Å². The van der Waals surface area contributed by atoms with Gasteiger partial charge in [-0.3, -0.25) is 4.79 Å². The minimum absolute atomic E-state index is 0.174. The number of likely N-dealkylation sites (tertiary alicyclic amines) is 2. The topological polar surface area (TPSA) is 36.0 Å². The summed E-state index contributed by atoms with van der Waals surface area (Å²) in [4.78, 5) is 20.7. The van der Waals surface area contributed by atoms with Crippen LogP contribution in [0, 0.1) is 11.8 Å². The molecule has 2 heterocycles. The summed E-state index contributed by atoms with van der Waals surface area (Å²) in [5.74, 6) is 2.17. The van der Waals surface area contributed by atoms with Gasteiger partial charge in [0.05, 0.1) is 5.92 Å². The van der Waals surface area contributed by atoms with E-state index >= 15 is 0 Å². The van der Waals surface area contributed by atoms with Crippen LogP contribution in [0.4, 0.5) is 5.69 Å². The summed E-state index contributed by atoms with van der Waals surface area (Å²) in [6.07, 6.45) is 7.74. The number of carbonyl (C=O) groups is 1. The van der Waals surface area contributed by atoms with Crippen LogP contribution in [0.1, 0.15) is 65.4 Å². The molecule has 2 fully saturated rings. The Morgan fingerprint density at radius 3 is 2.38 bits per heavy atom. The first-order valence-electron chi connectivity index (χ1n) is 15.1. The fourth-order valence-corrected chi connectivity index (χ4v) is 5.78. The molecule has 2 aromatic rings. The summed E-state index contributed by atoms with van der Waals surface area (Å²) in [5.41, 5.74) is 3.72. The molecule has 5 nitrogen and oxygen atoms in total. The highest BCUT2D eigenvalue weighted by Gasteiger charge is 2.32. The third kappa shape index (κ3) is 8.86. The van der Waals surface area contributed by atoms with E-state index in [0.717, 1.165) is 70.7 Å². The Bertz CT molecular complexity index is 1040. The van der Waals surface area contributed by atoms with Gasteiger partial charge in [0.2, 0.25) is 5.91 Å². The average Bonchev–Trinajstić information content (AvgIpc) is 2.96. The summed E-state index contributed by atoms with van der Waals surface area (Å²) in [6.45, 7) is 15.3. The number of nitrogens with zero attached hydrogens (tertiary/aromatic N) is 3. The third-order valence-electron chi connectivity index (χ3n) is 8.21. The van der Waals surface area contributed by atoms with Gasteiger partial charge in [-0.25, -0.2) is 0 Å². The van der Waals surface area contributed by atoms with Crippen LogP contribution in [0.15, 0.2) is 66.2 Å². The first kappa shape index (κ1) is 29.2. The number of ether oxygens (including phenoxy) is 1. The van der Waals surface area contributed by atoms with Crippen LogP contribution >= 0.6 is 0 Å². The van der Waals surface area contributed by atoms with E-state index in [-0.39, 0.29) is 5.92 Å². The molecule has 2 aliphatic rings. The molecule has 1 atom stereocenters. The van der Waals surface area contributed by atoms with Gasteiger partial charge >= 0.3 is 0 Å². The van der Waals surface area contributed by atoms with Crippen molar-refractivity contribution in [2.24, 2.45) is 11.8 Å². The van der Waals surface area contributed by atoms with E-state index < -0.39 is 0 Å². The highest BCUT2D eigenvalue weighted by atomic mass is 16.5. The summed E-state index contributed by atoms with van der Waals surface area (Å²) in [7, 11) is 0. The van der Waals surface area contributed by atoms with Gasteiger partial charge in [-0.2, -0.15) is 0 Å². The molecule has 2 saturated heterocycles. The van der Waals surface area contributed by atoms with Crippen molar-refractivity contribution in [3.8, 4) is 5.75 Å². The Labute approximate surface area is 236 Å². The lowest BCUT2D eigenvalue weighted by molar-refractivity contribution is -0.138. The monoisotopic (exact) mass is 531 g/mol. The van der Waals surface area contributed by atoms with Gasteiger partial charge in [0.15, 0.2) is 0 Å². The standard InChI is InChI=1S/C34H49N3O2/c1-27(2)16-21-35-20-8-11-30(25-35)34(38)36-22-18-32(19-23-36)37(24-17-28(3)4)31-12-14-33(15-13-31)39-26-29-9-6-5-7-10-29/h5-7,9-10,12-15,17,27,30,32H,8,11,16,18-26H2,1-4H3. The molecule has 2 aliphatic heterocycles. The van der Waals surface area contributed by atoms with Gasteiger partial charge in [-0.1, -0.05) is 55.8 Å². The first-order chi connectivity index (χ1) is 18.9. The molecular weight excluding hydrogens is 482 g/mol. The number of hydrogen-bond donors (Lipinski definition) is 0.